The van der Waals surface area contributed by atoms with E-state index < -0.39 is 16.4 Å². The average Bonchev–Trinajstić information content (AvgIpc) is 2.26. The quantitative estimate of drug-likeness (QED) is 0.619. The summed E-state index contributed by atoms with van der Waals surface area (Å²) < 4.78 is 13.1. The number of nitro groups is 1. The Bertz CT molecular complexity index is 382. The largest absolute Gasteiger partial charge is 0.324 e. The third kappa shape index (κ3) is 3.00. The molecule has 0 radical (unpaired) electrons. The number of rotatable bonds is 5. The van der Waals surface area contributed by atoms with E-state index in [1.54, 1.807) is 0 Å². The van der Waals surface area contributed by atoms with Crippen LogP contribution in [0.5, 0.6) is 0 Å². The Balaban J connectivity index is 2.89. The molecule has 0 bridgehead atoms. The van der Waals surface area contributed by atoms with Gasteiger partial charge in [-0.15, -0.1) is 0 Å². The molecule has 4 nitrogen and oxygen atoms in total. The summed E-state index contributed by atoms with van der Waals surface area (Å²) in [6.07, 6.45) is 2.71. The molecule has 0 saturated heterocycles. The molecule has 0 fully saturated rings. The Hall–Kier alpha value is -1.49. The van der Waals surface area contributed by atoms with E-state index in [1.807, 2.05) is 6.92 Å². The van der Waals surface area contributed by atoms with Crippen LogP contribution in [0.1, 0.15) is 37.8 Å². The van der Waals surface area contributed by atoms with Crippen LogP contribution in [-0.4, -0.2) is 4.92 Å². The molecule has 0 saturated carbocycles. The third-order valence-electron chi connectivity index (χ3n) is 2.46. The molecule has 0 aromatic heterocycles. The van der Waals surface area contributed by atoms with Gasteiger partial charge in [-0.05, 0) is 18.1 Å². The van der Waals surface area contributed by atoms with E-state index >= 15 is 0 Å². The van der Waals surface area contributed by atoms with Gasteiger partial charge in [-0.2, -0.15) is 4.39 Å². The molecule has 0 spiro atoms. The fraction of sp³-hybridized carbons (Fsp3) is 0.455. The fourth-order valence-corrected chi connectivity index (χ4v) is 1.49. The Morgan fingerprint density at radius 3 is 2.81 bits per heavy atom. The first kappa shape index (κ1) is 12.6. The lowest BCUT2D eigenvalue weighted by Gasteiger charge is -2.10. The molecule has 0 unspecified atom stereocenters. The van der Waals surface area contributed by atoms with Gasteiger partial charge in [0.05, 0.1) is 4.92 Å². The normalized spacial score (nSPS) is 12.4. The van der Waals surface area contributed by atoms with Crippen molar-refractivity contribution in [1.82, 2.24) is 0 Å². The van der Waals surface area contributed by atoms with Crippen molar-refractivity contribution >= 4 is 5.69 Å². The molecule has 5 heteroatoms. The van der Waals surface area contributed by atoms with Crippen molar-refractivity contribution < 1.29 is 9.31 Å². The highest BCUT2D eigenvalue weighted by Crippen LogP contribution is 2.24. The Morgan fingerprint density at radius 1 is 1.56 bits per heavy atom. The first-order valence-electron chi connectivity index (χ1n) is 5.25. The molecule has 2 N–H and O–H groups in total. The number of nitrogens with two attached hydrogens (primary N) is 1. The van der Waals surface area contributed by atoms with Crippen LogP contribution < -0.4 is 5.73 Å². The van der Waals surface area contributed by atoms with Gasteiger partial charge < -0.3 is 5.73 Å². The van der Waals surface area contributed by atoms with Gasteiger partial charge in [0.2, 0.25) is 5.82 Å². The standard InChI is InChI=1S/C11H15FN2O2/c1-2-3-4-10(13)8-5-6-9(12)11(7-8)14(15)16/h5-7,10H,2-4,13H2,1H3/t10-/m1/s1. The SMILES string of the molecule is CCCC[C@@H](N)c1ccc(F)c([N+](=O)[O-])c1. The number of hydrogen-bond donors (Lipinski definition) is 1. The zero-order valence-electron chi connectivity index (χ0n) is 9.15. The summed E-state index contributed by atoms with van der Waals surface area (Å²) in [6, 6.07) is 3.55. The van der Waals surface area contributed by atoms with Gasteiger partial charge in [-0.1, -0.05) is 25.8 Å². The Morgan fingerprint density at radius 2 is 2.25 bits per heavy atom. The second kappa shape index (κ2) is 5.55. The van der Waals surface area contributed by atoms with Gasteiger partial charge in [-0.3, -0.25) is 10.1 Å². The minimum atomic E-state index is -0.823. The smallest absolute Gasteiger partial charge is 0.305 e. The van der Waals surface area contributed by atoms with Gasteiger partial charge in [0, 0.05) is 12.1 Å². The van der Waals surface area contributed by atoms with Crippen LogP contribution in [0, 0.1) is 15.9 Å². The van der Waals surface area contributed by atoms with Crippen molar-refractivity contribution in [2.45, 2.75) is 32.2 Å². The Kier molecular flexibility index (Phi) is 4.37. The lowest BCUT2D eigenvalue weighted by Crippen LogP contribution is -2.10. The second-order valence-electron chi connectivity index (χ2n) is 3.72. The first-order chi connectivity index (χ1) is 7.56. The third-order valence-corrected chi connectivity index (χ3v) is 2.46. The maximum absolute atomic E-state index is 13.1. The molecule has 16 heavy (non-hydrogen) atoms. The maximum atomic E-state index is 13.1. The van der Waals surface area contributed by atoms with E-state index in [4.69, 9.17) is 5.73 Å². The minimum Gasteiger partial charge on any atom is -0.324 e. The van der Waals surface area contributed by atoms with Gasteiger partial charge in [0.25, 0.3) is 0 Å². The number of benzene rings is 1. The molecule has 1 atom stereocenters. The van der Waals surface area contributed by atoms with E-state index in [9.17, 15) is 14.5 Å². The van der Waals surface area contributed by atoms with Crippen LogP contribution in [0.3, 0.4) is 0 Å². The maximum Gasteiger partial charge on any atom is 0.305 e. The van der Waals surface area contributed by atoms with Crippen LogP contribution >= 0.6 is 0 Å². The van der Waals surface area contributed by atoms with Crippen molar-refractivity contribution in [2.24, 2.45) is 5.73 Å². The van der Waals surface area contributed by atoms with Gasteiger partial charge in [-0.25, -0.2) is 0 Å². The average molecular weight is 226 g/mol. The van der Waals surface area contributed by atoms with E-state index in [0.717, 1.165) is 25.3 Å². The van der Waals surface area contributed by atoms with E-state index in [-0.39, 0.29) is 6.04 Å². The van der Waals surface area contributed by atoms with Crippen LogP contribution in [-0.2, 0) is 0 Å². The van der Waals surface area contributed by atoms with Crippen LogP contribution in [0.25, 0.3) is 0 Å². The van der Waals surface area contributed by atoms with Gasteiger partial charge in [0.15, 0.2) is 0 Å². The second-order valence-corrected chi connectivity index (χ2v) is 3.72. The number of nitro benzene ring substituents is 1. The van der Waals surface area contributed by atoms with Crippen molar-refractivity contribution in [2.75, 3.05) is 0 Å². The van der Waals surface area contributed by atoms with Crippen molar-refractivity contribution in [3.8, 4) is 0 Å². The summed E-state index contributed by atoms with van der Waals surface area (Å²) >= 11 is 0. The van der Waals surface area contributed by atoms with Crippen molar-refractivity contribution in [3.63, 3.8) is 0 Å². The molecule has 1 aromatic carbocycles. The Labute approximate surface area is 93.4 Å². The lowest BCUT2D eigenvalue weighted by molar-refractivity contribution is -0.387. The number of nitrogens with zero attached hydrogens (tertiary/aromatic N) is 1. The summed E-state index contributed by atoms with van der Waals surface area (Å²) in [4.78, 5) is 9.80. The van der Waals surface area contributed by atoms with Crippen molar-refractivity contribution in [1.29, 1.82) is 0 Å². The number of halogens is 1. The molecule has 0 aliphatic rings. The monoisotopic (exact) mass is 226 g/mol. The van der Waals surface area contributed by atoms with Gasteiger partial charge >= 0.3 is 5.69 Å². The molecule has 1 aromatic rings. The lowest BCUT2D eigenvalue weighted by atomic mass is 10.0. The van der Waals surface area contributed by atoms with Crippen molar-refractivity contribution in [3.05, 3.63) is 39.7 Å². The molecule has 0 aliphatic carbocycles. The molecule has 0 heterocycles. The van der Waals surface area contributed by atoms with Gasteiger partial charge in [0.1, 0.15) is 0 Å². The van der Waals surface area contributed by atoms with Crippen LogP contribution in [0.4, 0.5) is 10.1 Å². The molecule has 1 rings (SSSR count). The molecule has 0 aliphatic heterocycles. The van der Waals surface area contributed by atoms with Crippen LogP contribution in [0.2, 0.25) is 0 Å². The highest BCUT2D eigenvalue weighted by atomic mass is 19.1. The van der Waals surface area contributed by atoms with E-state index in [0.29, 0.717) is 5.56 Å². The minimum absolute atomic E-state index is 0.265. The predicted octanol–water partition coefficient (Wildman–Crippen LogP) is 2.92. The zero-order chi connectivity index (χ0) is 12.1. The number of hydrogen-bond acceptors (Lipinski definition) is 3. The predicted molar refractivity (Wildman–Crippen MR) is 59.5 cm³/mol. The summed E-state index contributed by atoms with van der Waals surface area (Å²) in [6.45, 7) is 2.04. The molecule has 0 amide bonds. The number of unbranched alkanes of at least 4 members (excludes halogenated alkanes) is 1. The van der Waals surface area contributed by atoms with Crippen LogP contribution in [0.15, 0.2) is 18.2 Å². The highest BCUT2D eigenvalue weighted by molar-refractivity contribution is 5.37. The topological polar surface area (TPSA) is 69.2 Å². The fourth-order valence-electron chi connectivity index (χ4n) is 1.49. The van der Waals surface area contributed by atoms with E-state index in [2.05, 4.69) is 0 Å². The summed E-state index contributed by atoms with van der Waals surface area (Å²) in [7, 11) is 0. The first-order valence-corrected chi connectivity index (χ1v) is 5.25. The summed E-state index contributed by atoms with van der Waals surface area (Å²) in [5, 5.41) is 10.5. The summed E-state index contributed by atoms with van der Waals surface area (Å²) in [5.41, 5.74) is 5.96. The molecular formula is C11H15FN2O2. The summed E-state index contributed by atoms with van der Waals surface area (Å²) in [5.74, 6) is -0.823. The highest BCUT2D eigenvalue weighted by Gasteiger charge is 2.16. The van der Waals surface area contributed by atoms with E-state index in [1.165, 1.54) is 12.1 Å². The molecular weight excluding hydrogens is 211 g/mol. The zero-order valence-corrected chi connectivity index (χ0v) is 9.15. The molecule has 88 valence electrons.